The summed E-state index contributed by atoms with van der Waals surface area (Å²) in [4.78, 5) is 23.3. The fourth-order valence-electron chi connectivity index (χ4n) is 2.73. The minimum atomic E-state index is -4.05. The van der Waals surface area contributed by atoms with Crippen LogP contribution in [-0.2, 0) is 14.9 Å². The number of carboxylic acid groups (broad SMARTS) is 1. The van der Waals surface area contributed by atoms with Crippen LogP contribution in [0.2, 0.25) is 0 Å². The topological polar surface area (TPSA) is 122 Å². The van der Waals surface area contributed by atoms with Gasteiger partial charge in [0.25, 0.3) is 5.91 Å². The van der Waals surface area contributed by atoms with E-state index in [0.29, 0.717) is 19.4 Å². The first-order chi connectivity index (χ1) is 11.8. The largest absolute Gasteiger partial charge is 0.496 e. The zero-order valence-electron chi connectivity index (χ0n) is 13.9. The smallest absolute Gasteiger partial charge is 0.335 e. The number of nitrogens with one attached hydrogen (secondary N) is 1. The molecule has 1 aliphatic heterocycles. The molecular weight excluding hydrogens is 352 g/mol. The highest BCUT2D eigenvalue weighted by Crippen LogP contribution is 2.23. The van der Waals surface area contributed by atoms with Crippen molar-refractivity contribution in [3.05, 3.63) is 29.3 Å². The predicted molar refractivity (Wildman–Crippen MR) is 87.9 cm³/mol. The zero-order valence-corrected chi connectivity index (χ0v) is 14.7. The Bertz CT molecular complexity index is 763. The molecule has 1 atom stereocenters. The van der Waals surface area contributed by atoms with Gasteiger partial charge in [-0.05, 0) is 31.0 Å². The van der Waals surface area contributed by atoms with Gasteiger partial charge in [-0.1, -0.05) is 0 Å². The number of carboxylic acids is 1. The Kier molecular flexibility index (Phi) is 5.98. The van der Waals surface area contributed by atoms with Crippen molar-refractivity contribution in [3.63, 3.8) is 0 Å². The second kappa shape index (κ2) is 7.81. The van der Waals surface area contributed by atoms with Crippen LogP contribution >= 0.6 is 0 Å². The molecule has 1 aromatic rings. The molecule has 2 rings (SSSR count). The summed E-state index contributed by atoms with van der Waals surface area (Å²) in [6.45, 7) is 0.539. The molecule has 0 aliphatic carbocycles. The van der Waals surface area contributed by atoms with Crippen LogP contribution in [0.4, 0.5) is 0 Å². The normalized spacial score (nSPS) is 18.1. The highest BCUT2D eigenvalue weighted by Gasteiger charge is 2.35. The number of rotatable bonds is 7. The molecule has 25 heavy (non-hydrogen) atoms. The fraction of sp³-hybridized carbons (Fsp3) is 0.467. The Labute approximate surface area is 145 Å². The summed E-state index contributed by atoms with van der Waals surface area (Å²) < 4.78 is 38.2. The summed E-state index contributed by atoms with van der Waals surface area (Å²) in [6, 6.07) is 3.25. The Morgan fingerprint density at radius 1 is 1.36 bits per heavy atom. The fourth-order valence-corrected chi connectivity index (χ4v) is 4.12. The second-order valence-electron chi connectivity index (χ2n) is 5.52. The monoisotopic (exact) mass is 372 g/mol. The van der Waals surface area contributed by atoms with Crippen molar-refractivity contribution in [2.75, 3.05) is 27.4 Å². The summed E-state index contributed by atoms with van der Waals surface area (Å²) in [5.74, 6) is -2.10. The third-order valence-corrected chi connectivity index (χ3v) is 5.45. The molecule has 0 aromatic heterocycles. The highest BCUT2D eigenvalue weighted by molar-refractivity contribution is 7.87. The van der Waals surface area contributed by atoms with E-state index in [2.05, 4.69) is 0 Å². The molecule has 2 N–H and O–H groups in total. The van der Waals surface area contributed by atoms with Crippen LogP contribution in [0.1, 0.15) is 33.6 Å². The zero-order chi connectivity index (χ0) is 18.6. The van der Waals surface area contributed by atoms with Gasteiger partial charge in [0.15, 0.2) is 0 Å². The minimum absolute atomic E-state index is 0.0255. The average molecular weight is 372 g/mol. The lowest BCUT2D eigenvalue weighted by Crippen LogP contribution is -2.47. The van der Waals surface area contributed by atoms with Crippen LogP contribution in [0.15, 0.2) is 18.2 Å². The lowest BCUT2D eigenvalue weighted by molar-refractivity contribution is 0.0695. The molecule has 0 saturated carbocycles. The standard InChI is InChI=1S/C15H20N2O7S/c1-23-9-11-4-3-7-17(11)25(21,22)16-14(18)12-6-5-10(15(19)20)8-13(12)24-2/h5-6,8,11H,3-4,7,9H2,1-2H3,(H,16,18)(H,19,20)/t11-/m1/s1. The molecule has 1 fully saturated rings. The number of methoxy groups -OCH3 is 2. The van der Waals surface area contributed by atoms with Gasteiger partial charge in [0, 0.05) is 19.7 Å². The van der Waals surface area contributed by atoms with E-state index < -0.39 is 22.1 Å². The van der Waals surface area contributed by atoms with E-state index in [1.54, 1.807) is 0 Å². The quantitative estimate of drug-likeness (QED) is 0.714. The predicted octanol–water partition coefficient (Wildman–Crippen LogP) is 0.479. The maximum atomic E-state index is 12.5. The van der Waals surface area contributed by atoms with Crippen LogP contribution in [0.3, 0.4) is 0 Å². The van der Waals surface area contributed by atoms with Crippen LogP contribution in [0.25, 0.3) is 0 Å². The van der Waals surface area contributed by atoms with E-state index in [4.69, 9.17) is 14.6 Å². The van der Waals surface area contributed by atoms with Crippen molar-refractivity contribution in [2.24, 2.45) is 0 Å². The number of carbonyl (C=O) groups is 2. The van der Waals surface area contributed by atoms with Gasteiger partial charge in [-0.3, -0.25) is 4.79 Å². The van der Waals surface area contributed by atoms with Crippen LogP contribution < -0.4 is 9.46 Å². The van der Waals surface area contributed by atoms with Gasteiger partial charge in [-0.15, -0.1) is 0 Å². The maximum Gasteiger partial charge on any atom is 0.335 e. The Morgan fingerprint density at radius 3 is 2.68 bits per heavy atom. The molecule has 138 valence electrons. The molecule has 1 saturated heterocycles. The molecular formula is C15H20N2O7S. The van der Waals surface area contributed by atoms with E-state index >= 15 is 0 Å². The number of ether oxygens (including phenoxy) is 2. The molecule has 0 bridgehead atoms. The molecule has 0 radical (unpaired) electrons. The third-order valence-electron chi connectivity index (χ3n) is 3.91. The highest BCUT2D eigenvalue weighted by atomic mass is 32.2. The molecule has 1 aromatic carbocycles. The molecule has 0 spiro atoms. The number of carbonyl (C=O) groups excluding carboxylic acids is 1. The van der Waals surface area contributed by atoms with Crippen molar-refractivity contribution in [2.45, 2.75) is 18.9 Å². The van der Waals surface area contributed by atoms with E-state index in [9.17, 15) is 18.0 Å². The number of aromatic carboxylic acids is 1. The molecule has 1 amide bonds. The van der Waals surface area contributed by atoms with Gasteiger partial charge in [0.1, 0.15) is 5.75 Å². The van der Waals surface area contributed by atoms with Crippen LogP contribution in [0.5, 0.6) is 5.75 Å². The van der Waals surface area contributed by atoms with Crippen LogP contribution in [0, 0.1) is 0 Å². The number of amides is 1. The maximum absolute atomic E-state index is 12.5. The number of hydrogen-bond donors (Lipinski definition) is 2. The summed E-state index contributed by atoms with van der Waals surface area (Å²) in [5.41, 5.74) is -0.144. The van der Waals surface area contributed by atoms with E-state index in [0.717, 1.165) is 6.07 Å². The first-order valence-electron chi connectivity index (χ1n) is 7.54. The van der Waals surface area contributed by atoms with E-state index in [1.165, 1.54) is 30.7 Å². The lowest BCUT2D eigenvalue weighted by atomic mass is 10.1. The number of hydrogen-bond acceptors (Lipinski definition) is 6. The van der Waals surface area contributed by atoms with Gasteiger partial charge in [-0.2, -0.15) is 12.7 Å². The molecule has 1 heterocycles. The van der Waals surface area contributed by atoms with Gasteiger partial charge >= 0.3 is 16.2 Å². The van der Waals surface area contributed by atoms with Crippen molar-refractivity contribution in [1.29, 1.82) is 0 Å². The summed E-state index contributed by atoms with van der Waals surface area (Å²) in [5, 5.41) is 8.97. The summed E-state index contributed by atoms with van der Waals surface area (Å²) in [7, 11) is -1.30. The number of benzene rings is 1. The summed E-state index contributed by atoms with van der Waals surface area (Å²) in [6.07, 6.45) is 1.33. The average Bonchev–Trinajstić information content (AvgIpc) is 3.03. The van der Waals surface area contributed by atoms with Gasteiger partial charge in [0.05, 0.1) is 24.8 Å². The van der Waals surface area contributed by atoms with Gasteiger partial charge in [-0.25, -0.2) is 9.52 Å². The molecule has 0 unspecified atom stereocenters. The summed E-state index contributed by atoms with van der Waals surface area (Å²) >= 11 is 0. The van der Waals surface area contributed by atoms with Crippen molar-refractivity contribution >= 4 is 22.1 Å². The number of nitrogens with zero attached hydrogens (tertiary/aromatic N) is 1. The van der Waals surface area contributed by atoms with Crippen molar-refractivity contribution < 1.29 is 32.6 Å². The van der Waals surface area contributed by atoms with Crippen molar-refractivity contribution in [1.82, 2.24) is 9.03 Å². The molecule has 1 aliphatic rings. The molecule has 10 heteroatoms. The Hall–Kier alpha value is -2.17. The molecule has 9 nitrogen and oxygen atoms in total. The van der Waals surface area contributed by atoms with E-state index in [1.807, 2.05) is 4.72 Å². The third kappa shape index (κ3) is 4.27. The van der Waals surface area contributed by atoms with Crippen molar-refractivity contribution in [3.8, 4) is 5.75 Å². The Balaban J connectivity index is 2.22. The SMILES string of the molecule is COC[C@H]1CCCN1S(=O)(=O)NC(=O)c1ccc(C(=O)O)cc1OC. The Morgan fingerprint density at radius 2 is 2.08 bits per heavy atom. The minimum Gasteiger partial charge on any atom is -0.496 e. The first kappa shape index (κ1) is 19.2. The van der Waals surface area contributed by atoms with Crippen LogP contribution in [-0.4, -0.2) is 63.1 Å². The lowest BCUT2D eigenvalue weighted by Gasteiger charge is -2.23. The van der Waals surface area contributed by atoms with Gasteiger partial charge in [0.2, 0.25) is 0 Å². The van der Waals surface area contributed by atoms with E-state index in [-0.39, 0.29) is 29.5 Å². The first-order valence-corrected chi connectivity index (χ1v) is 8.98. The van der Waals surface area contributed by atoms with Gasteiger partial charge < -0.3 is 14.6 Å². The second-order valence-corrected chi connectivity index (χ2v) is 7.14.